The summed E-state index contributed by atoms with van der Waals surface area (Å²) in [5.74, 6) is 0.836. The van der Waals surface area contributed by atoms with Gasteiger partial charge in [-0.25, -0.2) is 4.79 Å². The molecular formula is C15H22N2O5. The Morgan fingerprint density at radius 3 is 2.23 bits per heavy atom. The van der Waals surface area contributed by atoms with E-state index in [1.807, 2.05) is 13.0 Å². The van der Waals surface area contributed by atoms with Crippen LogP contribution in [0.1, 0.15) is 13.8 Å². The first-order valence-electron chi connectivity index (χ1n) is 7.19. The lowest BCUT2D eigenvalue weighted by Gasteiger charge is -2.11. The van der Waals surface area contributed by atoms with Gasteiger partial charge in [0, 0.05) is 13.1 Å². The summed E-state index contributed by atoms with van der Waals surface area (Å²) in [7, 11) is 0. The van der Waals surface area contributed by atoms with E-state index >= 15 is 0 Å². The fraction of sp³-hybridized carbons (Fsp3) is 0.467. The molecule has 0 saturated carbocycles. The average Bonchev–Trinajstić information content (AvgIpc) is 2.51. The first kappa shape index (κ1) is 17.6. The fourth-order valence-electron chi connectivity index (χ4n) is 1.59. The molecule has 122 valence electrons. The summed E-state index contributed by atoms with van der Waals surface area (Å²) in [5, 5.41) is 5.13. The van der Waals surface area contributed by atoms with Crippen molar-refractivity contribution in [2.75, 3.05) is 32.9 Å². The first-order valence-corrected chi connectivity index (χ1v) is 7.19. The largest absolute Gasteiger partial charge is 0.490 e. The highest BCUT2D eigenvalue weighted by Gasteiger charge is 2.07. The maximum atomic E-state index is 11.6. The number of hydrogen-bond acceptors (Lipinski definition) is 5. The number of nitrogens with one attached hydrogen (secondary N) is 2. The molecule has 2 N–H and O–H groups in total. The van der Waals surface area contributed by atoms with Gasteiger partial charge in [-0.05, 0) is 26.0 Å². The van der Waals surface area contributed by atoms with Crippen molar-refractivity contribution in [3.8, 4) is 11.5 Å². The van der Waals surface area contributed by atoms with Crippen LogP contribution in [0, 0.1) is 0 Å². The molecule has 0 aliphatic heterocycles. The molecule has 0 atom stereocenters. The number of amides is 2. The van der Waals surface area contributed by atoms with E-state index in [1.54, 1.807) is 25.1 Å². The molecule has 22 heavy (non-hydrogen) atoms. The number of ether oxygens (including phenoxy) is 3. The summed E-state index contributed by atoms with van der Waals surface area (Å²) in [6.07, 6.45) is -0.501. The lowest BCUT2D eigenvalue weighted by molar-refractivity contribution is -0.123. The van der Waals surface area contributed by atoms with Gasteiger partial charge in [-0.15, -0.1) is 0 Å². The zero-order valence-corrected chi connectivity index (χ0v) is 12.9. The highest BCUT2D eigenvalue weighted by molar-refractivity contribution is 5.77. The summed E-state index contributed by atoms with van der Waals surface area (Å²) in [4.78, 5) is 22.6. The minimum absolute atomic E-state index is 0.122. The lowest BCUT2D eigenvalue weighted by Crippen LogP contribution is -2.37. The number of para-hydroxylation sites is 2. The second-order valence-electron chi connectivity index (χ2n) is 4.17. The second-order valence-corrected chi connectivity index (χ2v) is 4.17. The van der Waals surface area contributed by atoms with Crippen molar-refractivity contribution >= 4 is 12.0 Å². The molecule has 1 aromatic carbocycles. The third kappa shape index (κ3) is 6.83. The summed E-state index contributed by atoms with van der Waals surface area (Å²) < 4.78 is 15.5. The van der Waals surface area contributed by atoms with Gasteiger partial charge in [0.25, 0.3) is 5.91 Å². The van der Waals surface area contributed by atoms with Crippen molar-refractivity contribution in [3.63, 3.8) is 0 Å². The number of benzene rings is 1. The predicted molar refractivity (Wildman–Crippen MR) is 81.1 cm³/mol. The van der Waals surface area contributed by atoms with Crippen molar-refractivity contribution in [1.29, 1.82) is 0 Å². The van der Waals surface area contributed by atoms with Crippen molar-refractivity contribution in [1.82, 2.24) is 10.6 Å². The summed E-state index contributed by atoms with van der Waals surface area (Å²) in [5.41, 5.74) is 0. The van der Waals surface area contributed by atoms with E-state index < -0.39 is 6.09 Å². The molecule has 0 heterocycles. The van der Waals surface area contributed by atoms with Gasteiger partial charge in [0.15, 0.2) is 18.1 Å². The second kappa shape index (κ2) is 10.3. The molecule has 0 radical (unpaired) electrons. The van der Waals surface area contributed by atoms with Crippen molar-refractivity contribution in [3.05, 3.63) is 24.3 Å². The van der Waals surface area contributed by atoms with Gasteiger partial charge in [0.1, 0.15) is 0 Å². The average molecular weight is 310 g/mol. The molecule has 0 bridgehead atoms. The van der Waals surface area contributed by atoms with Crippen LogP contribution in [0.3, 0.4) is 0 Å². The van der Waals surface area contributed by atoms with Gasteiger partial charge in [0.05, 0.1) is 13.2 Å². The fourth-order valence-corrected chi connectivity index (χ4v) is 1.59. The molecule has 0 fully saturated rings. The Labute approximate surface area is 129 Å². The van der Waals surface area contributed by atoms with Crippen molar-refractivity contribution < 1.29 is 23.8 Å². The van der Waals surface area contributed by atoms with Gasteiger partial charge < -0.3 is 24.8 Å². The lowest BCUT2D eigenvalue weighted by atomic mass is 10.3. The van der Waals surface area contributed by atoms with Gasteiger partial charge in [-0.3, -0.25) is 4.79 Å². The number of rotatable bonds is 9. The van der Waals surface area contributed by atoms with Gasteiger partial charge >= 0.3 is 6.09 Å². The number of hydrogen-bond donors (Lipinski definition) is 2. The zero-order valence-electron chi connectivity index (χ0n) is 12.9. The summed E-state index contributed by atoms with van der Waals surface area (Å²) in [6, 6.07) is 7.15. The zero-order chi connectivity index (χ0) is 16.2. The van der Waals surface area contributed by atoms with Crippen LogP contribution in [0.15, 0.2) is 24.3 Å². The quantitative estimate of drug-likeness (QED) is 0.672. The van der Waals surface area contributed by atoms with Crippen LogP contribution in [0.25, 0.3) is 0 Å². The number of carbonyl (C=O) groups is 2. The third-order valence-corrected chi connectivity index (χ3v) is 2.50. The molecule has 0 aliphatic carbocycles. The molecule has 0 spiro atoms. The molecule has 0 saturated heterocycles. The maximum absolute atomic E-state index is 11.6. The monoisotopic (exact) mass is 310 g/mol. The van der Waals surface area contributed by atoms with Crippen molar-refractivity contribution in [2.24, 2.45) is 0 Å². The van der Waals surface area contributed by atoms with Crippen LogP contribution >= 0.6 is 0 Å². The van der Waals surface area contributed by atoms with Crippen LogP contribution in [0.4, 0.5) is 4.79 Å². The van der Waals surface area contributed by atoms with Gasteiger partial charge in [-0.2, -0.15) is 0 Å². The number of carbonyl (C=O) groups excluding carboxylic acids is 2. The minimum atomic E-state index is -0.501. The molecule has 2 amide bonds. The molecule has 7 heteroatoms. The van der Waals surface area contributed by atoms with Crippen LogP contribution in [-0.2, 0) is 9.53 Å². The standard InChI is InChI=1S/C15H22N2O5/c1-3-20-12-7-5-6-8-13(12)22-11-14(18)16-9-10-17-15(19)21-4-2/h5-8H,3-4,9-11H2,1-2H3,(H,16,18)(H,17,19). The SMILES string of the molecule is CCOC(=O)NCCNC(=O)COc1ccccc1OCC. The Morgan fingerprint density at radius 2 is 1.59 bits per heavy atom. The normalized spacial score (nSPS) is 9.73. The molecule has 0 aliphatic rings. The molecule has 1 rings (SSSR count). The van der Waals surface area contributed by atoms with E-state index in [0.29, 0.717) is 37.8 Å². The Bertz CT molecular complexity index is 479. The van der Waals surface area contributed by atoms with E-state index in [2.05, 4.69) is 15.4 Å². The summed E-state index contributed by atoms with van der Waals surface area (Å²) in [6.45, 7) is 4.90. The Kier molecular flexibility index (Phi) is 8.25. The topological polar surface area (TPSA) is 85.9 Å². The summed E-state index contributed by atoms with van der Waals surface area (Å²) >= 11 is 0. The van der Waals surface area contributed by atoms with E-state index in [-0.39, 0.29) is 12.5 Å². The third-order valence-electron chi connectivity index (χ3n) is 2.50. The Balaban J connectivity index is 2.24. The smallest absolute Gasteiger partial charge is 0.407 e. The van der Waals surface area contributed by atoms with Crippen LogP contribution in [0.2, 0.25) is 0 Å². The van der Waals surface area contributed by atoms with Crippen LogP contribution in [0.5, 0.6) is 11.5 Å². The molecule has 0 unspecified atom stereocenters. The highest BCUT2D eigenvalue weighted by atomic mass is 16.5. The predicted octanol–water partition coefficient (Wildman–Crippen LogP) is 1.33. The van der Waals surface area contributed by atoms with Crippen LogP contribution in [-0.4, -0.2) is 44.9 Å². The van der Waals surface area contributed by atoms with Crippen LogP contribution < -0.4 is 20.1 Å². The first-order chi connectivity index (χ1) is 10.7. The Hall–Kier alpha value is -2.44. The van der Waals surface area contributed by atoms with Crippen molar-refractivity contribution in [2.45, 2.75) is 13.8 Å². The number of alkyl carbamates (subject to hydrolysis) is 1. The Morgan fingerprint density at radius 1 is 0.955 bits per heavy atom. The molecular weight excluding hydrogens is 288 g/mol. The van der Waals surface area contributed by atoms with Gasteiger partial charge in [-0.1, -0.05) is 12.1 Å². The van der Waals surface area contributed by atoms with Gasteiger partial charge in [0.2, 0.25) is 0 Å². The molecule has 7 nitrogen and oxygen atoms in total. The maximum Gasteiger partial charge on any atom is 0.407 e. The van der Waals surface area contributed by atoms with E-state index in [1.165, 1.54) is 0 Å². The van der Waals surface area contributed by atoms with E-state index in [0.717, 1.165) is 0 Å². The molecule has 0 aromatic heterocycles. The van der Waals surface area contributed by atoms with E-state index in [4.69, 9.17) is 9.47 Å². The highest BCUT2D eigenvalue weighted by Crippen LogP contribution is 2.26. The van der Waals surface area contributed by atoms with E-state index in [9.17, 15) is 9.59 Å². The minimum Gasteiger partial charge on any atom is -0.490 e. The molecule has 1 aromatic rings.